The summed E-state index contributed by atoms with van der Waals surface area (Å²) in [7, 11) is 0. The van der Waals surface area contributed by atoms with Crippen molar-refractivity contribution in [2.45, 2.75) is 27.2 Å². The third-order valence-electron chi connectivity index (χ3n) is 2.53. The molecule has 0 amide bonds. The fourth-order valence-electron chi connectivity index (χ4n) is 1.81. The van der Waals surface area contributed by atoms with Gasteiger partial charge in [0.05, 0.1) is 0 Å². The highest BCUT2D eigenvalue weighted by molar-refractivity contribution is 7.08. The Bertz CT molecular complexity index is 492. The second kappa shape index (κ2) is 5.96. The summed E-state index contributed by atoms with van der Waals surface area (Å²) >= 11 is 1.67. The molecule has 2 aromatic heterocycles. The number of anilines is 1. The number of hydrogen-bond donors (Lipinski definition) is 1. The van der Waals surface area contributed by atoms with Gasteiger partial charge in [-0.05, 0) is 30.7 Å². The molecule has 2 aromatic rings. The van der Waals surface area contributed by atoms with Crippen LogP contribution in [-0.2, 0) is 6.42 Å². The highest BCUT2D eigenvalue weighted by atomic mass is 32.1. The van der Waals surface area contributed by atoms with Crippen LogP contribution in [0.3, 0.4) is 0 Å². The maximum absolute atomic E-state index is 4.65. The van der Waals surface area contributed by atoms with Crippen LogP contribution in [0.5, 0.6) is 0 Å². The van der Waals surface area contributed by atoms with E-state index in [1.165, 1.54) is 0 Å². The fourth-order valence-corrected chi connectivity index (χ4v) is 2.45. The number of hydrogen-bond acceptors (Lipinski definition) is 4. The molecule has 2 rings (SSSR count). The van der Waals surface area contributed by atoms with Crippen molar-refractivity contribution in [1.82, 2.24) is 9.97 Å². The van der Waals surface area contributed by atoms with Crippen molar-refractivity contribution in [3.8, 4) is 11.4 Å². The molecule has 2 heterocycles. The zero-order chi connectivity index (χ0) is 13.0. The van der Waals surface area contributed by atoms with Crippen LogP contribution in [0, 0.1) is 5.92 Å². The maximum atomic E-state index is 4.65. The van der Waals surface area contributed by atoms with Crippen LogP contribution >= 0.6 is 11.3 Å². The van der Waals surface area contributed by atoms with E-state index in [-0.39, 0.29) is 0 Å². The summed E-state index contributed by atoms with van der Waals surface area (Å²) in [5, 5.41) is 7.42. The Morgan fingerprint density at radius 1 is 1.33 bits per heavy atom. The van der Waals surface area contributed by atoms with Crippen molar-refractivity contribution in [2.24, 2.45) is 5.92 Å². The van der Waals surface area contributed by atoms with Gasteiger partial charge in [-0.25, -0.2) is 9.97 Å². The van der Waals surface area contributed by atoms with Gasteiger partial charge in [-0.3, -0.25) is 0 Å². The topological polar surface area (TPSA) is 37.8 Å². The summed E-state index contributed by atoms with van der Waals surface area (Å²) in [6.07, 6.45) is 0.984. The van der Waals surface area contributed by atoms with Crippen LogP contribution in [0.2, 0.25) is 0 Å². The molecule has 0 spiro atoms. The van der Waals surface area contributed by atoms with E-state index in [2.05, 4.69) is 58.9 Å². The molecule has 0 aliphatic rings. The summed E-state index contributed by atoms with van der Waals surface area (Å²) in [6.45, 7) is 7.37. The summed E-state index contributed by atoms with van der Waals surface area (Å²) in [4.78, 5) is 9.21. The number of rotatable bonds is 5. The minimum absolute atomic E-state index is 0.602. The smallest absolute Gasteiger partial charge is 0.162 e. The van der Waals surface area contributed by atoms with Crippen LogP contribution in [0.1, 0.15) is 26.5 Å². The van der Waals surface area contributed by atoms with Crippen molar-refractivity contribution in [3.05, 3.63) is 28.6 Å². The van der Waals surface area contributed by atoms with Crippen LogP contribution < -0.4 is 5.32 Å². The highest BCUT2D eigenvalue weighted by Gasteiger charge is 2.08. The summed E-state index contributed by atoms with van der Waals surface area (Å²) in [5.41, 5.74) is 2.21. The lowest BCUT2D eigenvalue weighted by molar-refractivity contribution is 0.635. The minimum atomic E-state index is 0.602. The summed E-state index contributed by atoms with van der Waals surface area (Å²) < 4.78 is 0. The molecule has 0 aliphatic heterocycles. The van der Waals surface area contributed by atoms with Gasteiger partial charge in [-0.15, -0.1) is 0 Å². The average molecular weight is 261 g/mol. The molecule has 0 fully saturated rings. The third kappa shape index (κ3) is 3.29. The Balaban J connectivity index is 2.36. The lowest BCUT2D eigenvalue weighted by Crippen LogP contribution is -2.05. The molecule has 0 aliphatic carbocycles. The molecule has 18 heavy (non-hydrogen) atoms. The first-order valence-electron chi connectivity index (χ1n) is 6.33. The molecule has 0 radical (unpaired) electrons. The second-order valence-corrected chi connectivity index (χ2v) is 5.49. The summed E-state index contributed by atoms with van der Waals surface area (Å²) in [5.74, 6) is 2.35. The van der Waals surface area contributed by atoms with Crippen LogP contribution in [0.15, 0.2) is 22.9 Å². The third-order valence-corrected chi connectivity index (χ3v) is 3.22. The lowest BCUT2D eigenvalue weighted by Gasteiger charge is -2.09. The fraction of sp³-hybridized carbons (Fsp3) is 0.429. The van der Waals surface area contributed by atoms with Gasteiger partial charge in [0, 0.05) is 29.2 Å². The van der Waals surface area contributed by atoms with Crippen molar-refractivity contribution < 1.29 is 0 Å². The Morgan fingerprint density at radius 2 is 2.17 bits per heavy atom. The van der Waals surface area contributed by atoms with Crippen LogP contribution in [0.25, 0.3) is 11.4 Å². The molecule has 1 N–H and O–H groups in total. The van der Waals surface area contributed by atoms with Crippen LogP contribution in [-0.4, -0.2) is 16.5 Å². The average Bonchev–Trinajstić information content (AvgIpc) is 2.81. The first-order chi connectivity index (χ1) is 8.69. The van der Waals surface area contributed by atoms with Crippen molar-refractivity contribution >= 4 is 17.2 Å². The first-order valence-corrected chi connectivity index (χ1v) is 7.27. The molecule has 0 atom stereocenters. The standard InChI is InChI=1S/C14H19N3S/c1-4-15-13-8-12(7-10(2)3)16-14(17-13)11-5-6-18-9-11/h5-6,8-10H,4,7H2,1-3H3,(H,15,16,17). The SMILES string of the molecule is CCNc1cc(CC(C)C)nc(-c2ccsc2)n1. The van der Waals surface area contributed by atoms with E-state index in [9.17, 15) is 0 Å². The minimum Gasteiger partial charge on any atom is -0.370 e. The molecular weight excluding hydrogens is 242 g/mol. The maximum Gasteiger partial charge on any atom is 0.162 e. The molecule has 0 saturated carbocycles. The Hall–Kier alpha value is -1.42. The zero-order valence-corrected chi connectivity index (χ0v) is 11.9. The van der Waals surface area contributed by atoms with Crippen molar-refractivity contribution in [1.29, 1.82) is 0 Å². The predicted octanol–water partition coefficient (Wildman–Crippen LogP) is 3.84. The lowest BCUT2D eigenvalue weighted by atomic mass is 10.1. The number of thiophene rings is 1. The Labute approximate surface area is 112 Å². The molecule has 0 unspecified atom stereocenters. The van der Waals surface area contributed by atoms with Gasteiger partial charge in [0.25, 0.3) is 0 Å². The van der Waals surface area contributed by atoms with E-state index in [1.54, 1.807) is 11.3 Å². The molecule has 96 valence electrons. The van der Waals surface area contributed by atoms with Crippen molar-refractivity contribution in [2.75, 3.05) is 11.9 Å². The van der Waals surface area contributed by atoms with Gasteiger partial charge in [0.15, 0.2) is 5.82 Å². The highest BCUT2D eigenvalue weighted by Crippen LogP contribution is 2.21. The zero-order valence-electron chi connectivity index (χ0n) is 11.1. The van der Waals surface area contributed by atoms with Gasteiger partial charge in [-0.1, -0.05) is 13.8 Å². The summed E-state index contributed by atoms with van der Waals surface area (Å²) in [6, 6.07) is 4.12. The monoisotopic (exact) mass is 261 g/mol. The van der Waals surface area contributed by atoms with Crippen LogP contribution in [0.4, 0.5) is 5.82 Å². The molecular formula is C14H19N3S. The normalized spacial score (nSPS) is 10.9. The Morgan fingerprint density at radius 3 is 2.78 bits per heavy atom. The van der Waals surface area contributed by atoms with E-state index < -0.39 is 0 Å². The van der Waals surface area contributed by atoms with E-state index >= 15 is 0 Å². The number of aromatic nitrogens is 2. The van der Waals surface area contributed by atoms with Gasteiger partial charge in [0.1, 0.15) is 5.82 Å². The van der Waals surface area contributed by atoms with E-state index in [1.807, 2.05) is 0 Å². The van der Waals surface area contributed by atoms with Gasteiger partial charge in [0.2, 0.25) is 0 Å². The quantitative estimate of drug-likeness (QED) is 0.888. The van der Waals surface area contributed by atoms with E-state index in [4.69, 9.17) is 0 Å². The first kappa shape index (κ1) is 13.0. The molecule has 3 nitrogen and oxygen atoms in total. The number of nitrogens with zero attached hydrogens (tertiary/aromatic N) is 2. The molecule has 0 saturated heterocycles. The van der Waals surface area contributed by atoms with Gasteiger partial charge < -0.3 is 5.32 Å². The largest absolute Gasteiger partial charge is 0.370 e. The van der Waals surface area contributed by atoms with Gasteiger partial charge >= 0.3 is 0 Å². The van der Waals surface area contributed by atoms with Gasteiger partial charge in [-0.2, -0.15) is 11.3 Å². The predicted molar refractivity (Wildman–Crippen MR) is 78.1 cm³/mol. The number of nitrogens with one attached hydrogen (secondary N) is 1. The molecule has 0 aromatic carbocycles. The second-order valence-electron chi connectivity index (χ2n) is 4.71. The Kier molecular flexibility index (Phi) is 4.31. The molecule has 4 heteroatoms. The van der Waals surface area contributed by atoms with Crippen molar-refractivity contribution in [3.63, 3.8) is 0 Å². The van der Waals surface area contributed by atoms with E-state index in [0.717, 1.165) is 35.9 Å². The molecule has 0 bridgehead atoms. The van der Waals surface area contributed by atoms with E-state index in [0.29, 0.717) is 5.92 Å².